The van der Waals surface area contributed by atoms with Crippen LogP contribution in [0.25, 0.3) is 0 Å². The van der Waals surface area contributed by atoms with Gasteiger partial charge in [-0.1, -0.05) is 20.8 Å². The average molecular weight is 154 g/mol. The molecule has 0 N–H and O–H groups in total. The van der Waals surface area contributed by atoms with Gasteiger partial charge in [-0.15, -0.1) is 0 Å². The highest BCUT2D eigenvalue weighted by Crippen LogP contribution is 2.29. The second kappa shape index (κ2) is 2.84. The van der Waals surface area contributed by atoms with Gasteiger partial charge in [0.25, 0.3) is 0 Å². The van der Waals surface area contributed by atoms with Crippen molar-refractivity contribution in [2.75, 3.05) is 20.1 Å². The van der Waals surface area contributed by atoms with Gasteiger partial charge in [-0.05, 0) is 5.92 Å². The molecule has 1 aliphatic rings. The lowest BCUT2D eigenvalue weighted by atomic mass is 9.78. The van der Waals surface area contributed by atoms with Gasteiger partial charge in [0.05, 0.1) is 6.34 Å². The first-order valence-electron chi connectivity index (χ1n) is 4.25. The number of rotatable bonds is 1. The van der Waals surface area contributed by atoms with Crippen molar-refractivity contribution in [2.45, 2.75) is 20.8 Å². The van der Waals surface area contributed by atoms with Gasteiger partial charge < -0.3 is 4.90 Å². The SMILES string of the molecule is CC(C)C1(C)CN=CN(C)C1. The second-order valence-corrected chi connectivity index (χ2v) is 4.18. The van der Waals surface area contributed by atoms with Crippen molar-refractivity contribution in [3.05, 3.63) is 0 Å². The maximum atomic E-state index is 4.33. The lowest BCUT2D eigenvalue weighted by Crippen LogP contribution is -2.42. The van der Waals surface area contributed by atoms with Crippen molar-refractivity contribution in [1.29, 1.82) is 0 Å². The Morgan fingerprint density at radius 3 is 2.55 bits per heavy atom. The molecular weight excluding hydrogens is 136 g/mol. The molecule has 64 valence electrons. The molecule has 1 heterocycles. The first-order valence-corrected chi connectivity index (χ1v) is 4.25. The molecule has 2 heteroatoms. The third-order valence-electron chi connectivity index (χ3n) is 2.74. The van der Waals surface area contributed by atoms with E-state index in [4.69, 9.17) is 0 Å². The fourth-order valence-electron chi connectivity index (χ4n) is 1.41. The van der Waals surface area contributed by atoms with E-state index in [2.05, 4.69) is 37.7 Å². The lowest BCUT2D eigenvalue weighted by molar-refractivity contribution is 0.173. The van der Waals surface area contributed by atoms with Crippen LogP contribution in [0.4, 0.5) is 0 Å². The van der Waals surface area contributed by atoms with Crippen LogP contribution >= 0.6 is 0 Å². The molecule has 0 amide bonds. The number of hydrogen-bond acceptors (Lipinski definition) is 2. The fourth-order valence-corrected chi connectivity index (χ4v) is 1.41. The quantitative estimate of drug-likeness (QED) is 0.560. The lowest BCUT2D eigenvalue weighted by Gasteiger charge is -2.38. The van der Waals surface area contributed by atoms with Crippen LogP contribution in [0.5, 0.6) is 0 Å². The molecule has 0 saturated heterocycles. The highest BCUT2D eigenvalue weighted by molar-refractivity contribution is 5.55. The van der Waals surface area contributed by atoms with E-state index >= 15 is 0 Å². The molecular formula is C9H18N2. The molecule has 0 fully saturated rings. The Kier molecular flexibility index (Phi) is 2.21. The molecule has 0 aromatic rings. The van der Waals surface area contributed by atoms with E-state index in [0.717, 1.165) is 13.1 Å². The topological polar surface area (TPSA) is 15.6 Å². The zero-order valence-electron chi connectivity index (χ0n) is 7.96. The van der Waals surface area contributed by atoms with Crippen LogP contribution in [0.1, 0.15) is 20.8 Å². The number of aliphatic imine (C=N–C) groups is 1. The van der Waals surface area contributed by atoms with E-state index in [0.29, 0.717) is 11.3 Å². The third kappa shape index (κ3) is 1.73. The van der Waals surface area contributed by atoms with Crippen LogP contribution in [0.2, 0.25) is 0 Å². The van der Waals surface area contributed by atoms with Crippen molar-refractivity contribution in [3.63, 3.8) is 0 Å². The Labute approximate surface area is 69.3 Å². The smallest absolute Gasteiger partial charge is 0.0847 e. The summed E-state index contributed by atoms with van der Waals surface area (Å²) in [6.45, 7) is 8.97. The molecule has 0 saturated carbocycles. The second-order valence-electron chi connectivity index (χ2n) is 4.18. The van der Waals surface area contributed by atoms with Crippen molar-refractivity contribution >= 4 is 6.34 Å². The number of hydrogen-bond donors (Lipinski definition) is 0. The van der Waals surface area contributed by atoms with Crippen LogP contribution in [0, 0.1) is 11.3 Å². The Morgan fingerprint density at radius 2 is 2.18 bits per heavy atom. The predicted octanol–water partition coefficient (Wildman–Crippen LogP) is 1.62. The van der Waals surface area contributed by atoms with Crippen LogP contribution in [-0.4, -0.2) is 31.4 Å². The zero-order valence-corrected chi connectivity index (χ0v) is 7.96. The molecule has 11 heavy (non-hydrogen) atoms. The van der Waals surface area contributed by atoms with Gasteiger partial charge in [0.2, 0.25) is 0 Å². The molecule has 0 aromatic heterocycles. The molecule has 0 radical (unpaired) electrons. The van der Waals surface area contributed by atoms with Crippen LogP contribution in [0.3, 0.4) is 0 Å². The van der Waals surface area contributed by atoms with Gasteiger partial charge in [-0.25, -0.2) is 0 Å². The van der Waals surface area contributed by atoms with Gasteiger partial charge in [-0.2, -0.15) is 0 Å². The Hall–Kier alpha value is -0.530. The van der Waals surface area contributed by atoms with E-state index in [-0.39, 0.29) is 0 Å². The van der Waals surface area contributed by atoms with Gasteiger partial charge in [-0.3, -0.25) is 4.99 Å². The van der Waals surface area contributed by atoms with Crippen molar-refractivity contribution in [2.24, 2.45) is 16.3 Å². The average Bonchev–Trinajstić information content (AvgIpc) is 1.86. The summed E-state index contributed by atoms with van der Waals surface area (Å²) in [6, 6.07) is 0. The summed E-state index contributed by atoms with van der Waals surface area (Å²) in [7, 11) is 2.09. The molecule has 1 rings (SSSR count). The summed E-state index contributed by atoms with van der Waals surface area (Å²) in [5, 5.41) is 0. The molecule has 0 bridgehead atoms. The van der Waals surface area contributed by atoms with Gasteiger partial charge >= 0.3 is 0 Å². The summed E-state index contributed by atoms with van der Waals surface area (Å²) < 4.78 is 0. The van der Waals surface area contributed by atoms with Gasteiger partial charge in [0, 0.05) is 25.6 Å². The third-order valence-corrected chi connectivity index (χ3v) is 2.74. The molecule has 1 unspecified atom stereocenters. The normalized spacial score (nSPS) is 31.5. The minimum atomic E-state index is 0.378. The maximum Gasteiger partial charge on any atom is 0.0847 e. The Balaban J connectivity index is 2.67. The van der Waals surface area contributed by atoms with E-state index in [9.17, 15) is 0 Å². The fraction of sp³-hybridized carbons (Fsp3) is 0.889. The Bertz CT molecular complexity index is 163. The summed E-state index contributed by atoms with van der Waals surface area (Å²) in [5.74, 6) is 0.711. The zero-order chi connectivity index (χ0) is 8.48. The minimum absolute atomic E-state index is 0.378. The van der Waals surface area contributed by atoms with E-state index in [1.807, 2.05) is 6.34 Å². The Morgan fingerprint density at radius 1 is 1.55 bits per heavy atom. The highest BCUT2D eigenvalue weighted by Gasteiger charge is 2.30. The molecule has 0 aromatic carbocycles. The summed E-state index contributed by atoms with van der Waals surface area (Å²) in [6.07, 6.45) is 1.93. The predicted molar refractivity (Wildman–Crippen MR) is 48.9 cm³/mol. The maximum absolute atomic E-state index is 4.33. The standard InChI is InChI=1S/C9H18N2/c1-8(2)9(3)5-10-7-11(4)6-9/h7-8H,5-6H2,1-4H3. The first kappa shape index (κ1) is 8.57. The van der Waals surface area contributed by atoms with E-state index in [1.54, 1.807) is 0 Å². The highest BCUT2D eigenvalue weighted by atomic mass is 15.2. The van der Waals surface area contributed by atoms with Gasteiger partial charge in [0.1, 0.15) is 0 Å². The largest absolute Gasteiger partial charge is 0.365 e. The minimum Gasteiger partial charge on any atom is -0.365 e. The summed E-state index contributed by atoms with van der Waals surface area (Å²) >= 11 is 0. The molecule has 2 nitrogen and oxygen atoms in total. The van der Waals surface area contributed by atoms with Crippen LogP contribution in [-0.2, 0) is 0 Å². The van der Waals surface area contributed by atoms with Crippen molar-refractivity contribution < 1.29 is 0 Å². The molecule has 1 aliphatic heterocycles. The van der Waals surface area contributed by atoms with Crippen LogP contribution < -0.4 is 0 Å². The molecule has 0 aliphatic carbocycles. The van der Waals surface area contributed by atoms with Crippen molar-refractivity contribution in [3.8, 4) is 0 Å². The van der Waals surface area contributed by atoms with E-state index in [1.165, 1.54) is 0 Å². The summed E-state index contributed by atoms with van der Waals surface area (Å²) in [4.78, 5) is 6.50. The van der Waals surface area contributed by atoms with Crippen LogP contribution in [0.15, 0.2) is 4.99 Å². The van der Waals surface area contributed by atoms with Gasteiger partial charge in [0.15, 0.2) is 0 Å². The summed E-state index contributed by atoms with van der Waals surface area (Å²) in [5.41, 5.74) is 0.378. The molecule has 1 atom stereocenters. The monoisotopic (exact) mass is 154 g/mol. The van der Waals surface area contributed by atoms with Crippen molar-refractivity contribution in [1.82, 2.24) is 4.90 Å². The number of nitrogens with zero attached hydrogens (tertiary/aromatic N) is 2. The first-order chi connectivity index (χ1) is 5.04. The molecule has 0 spiro atoms. The van der Waals surface area contributed by atoms with E-state index < -0.39 is 0 Å².